The number of Topliss-reactive ketones (excluding diaryl/α,β-unsaturated/α-hetero) is 1. The third-order valence-electron chi connectivity index (χ3n) is 3.47. The van der Waals surface area contributed by atoms with Crippen LogP contribution in [-0.4, -0.2) is 25.8 Å². The normalized spacial score (nSPS) is 10.2. The molecule has 0 bridgehead atoms. The molecule has 2 aromatic rings. The van der Waals surface area contributed by atoms with Crippen molar-refractivity contribution in [2.75, 3.05) is 19.0 Å². The molecule has 120 valence electrons. The third-order valence-corrected chi connectivity index (χ3v) is 3.47. The van der Waals surface area contributed by atoms with Crippen LogP contribution in [0.15, 0.2) is 42.5 Å². The molecule has 0 saturated carbocycles. The first-order valence-corrected chi connectivity index (χ1v) is 7.22. The number of carbonyl (C=O) groups excluding carboxylic acids is 2. The lowest BCUT2D eigenvalue weighted by molar-refractivity contribution is 0.0995. The molecule has 0 spiro atoms. The van der Waals surface area contributed by atoms with E-state index in [1.165, 1.54) is 6.92 Å². The Morgan fingerprint density at radius 1 is 1.13 bits per heavy atom. The van der Waals surface area contributed by atoms with E-state index < -0.39 is 5.91 Å². The predicted octanol–water partition coefficient (Wildman–Crippen LogP) is 2.63. The molecule has 0 atom stereocenters. The largest absolute Gasteiger partial charge is 0.488 e. The maximum Gasteiger partial charge on any atom is 0.248 e. The average Bonchev–Trinajstić information content (AvgIpc) is 2.52. The van der Waals surface area contributed by atoms with Gasteiger partial charge in [-0.1, -0.05) is 12.1 Å². The van der Waals surface area contributed by atoms with E-state index in [1.54, 1.807) is 24.3 Å². The summed E-state index contributed by atoms with van der Waals surface area (Å²) in [6, 6.07) is 12.4. The molecule has 5 nitrogen and oxygen atoms in total. The van der Waals surface area contributed by atoms with Gasteiger partial charge in [0, 0.05) is 31.4 Å². The molecule has 2 rings (SSSR count). The number of hydrogen-bond acceptors (Lipinski definition) is 4. The molecule has 5 heteroatoms. The summed E-state index contributed by atoms with van der Waals surface area (Å²) in [6.45, 7) is 1.75. The van der Waals surface area contributed by atoms with Gasteiger partial charge < -0.3 is 15.4 Å². The van der Waals surface area contributed by atoms with Crippen LogP contribution in [0.5, 0.6) is 5.75 Å². The number of primary amides is 1. The Balaban J connectivity index is 2.25. The minimum Gasteiger partial charge on any atom is -0.488 e. The van der Waals surface area contributed by atoms with E-state index in [0.717, 1.165) is 11.3 Å². The second-order valence-electron chi connectivity index (χ2n) is 5.48. The first-order chi connectivity index (χ1) is 10.9. The standard InChI is InChI=1S/C18H20N2O3/c1-12(21)16-8-7-15(20(2)3)10-17(16)23-11-13-5-4-6-14(9-13)18(19)22/h4-10H,11H2,1-3H3,(H2,19,22). The van der Waals surface area contributed by atoms with E-state index in [2.05, 4.69) is 0 Å². The minimum atomic E-state index is -0.481. The molecule has 0 fully saturated rings. The molecule has 2 aromatic carbocycles. The maximum absolute atomic E-state index is 11.7. The fourth-order valence-electron chi connectivity index (χ4n) is 2.17. The number of anilines is 1. The molecule has 23 heavy (non-hydrogen) atoms. The maximum atomic E-state index is 11.7. The van der Waals surface area contributed by atoms with Crippen LogP contribution < -0.4 is 15.4 Å². The van der Waals surface area contributed by atoms with E-state index in [-0.39, 0.29) is 12.4 Å². The fourth-order valence-corrected chi connectivity index (χ4v) is 2.17. The highest BCUT2D eigenvalue weighted by atomic mass is 16.5. The second kappa shape index (κ2) is 6.96. The zero-order chi connectivity index (χ0) is 17.0. The average molecular weight is 312 g/mol. The Labute approximate surface area is 135 Å². The lowest BCUT2D eigenvalue weighted by atomic mass is 10.1. The summed E-state index contributed by atoms with van der Waals surface area (Å²) in [5.74, 6) is -0.0183. The van der Waals surface area contributed by atoms with Crippen molar-refractivity contribution < 1.29 is 14.3 Å². The van der Waals surface area contributed by atoms with Gasteiger partial charge in [0.25, 0.3) is 0 Å². The van der Waals surface area contributed by atoms with Crippen molar-refractivity contribution in [1.82, 2.24) is 0 Å². The van der Waals surface area contributed by atoms with Crippen LogP contribution >= 0.6 is 0 Å². The predicted molar refractivity (Wildman–Crippen MR) is 90.1 cm³/mol. The van der Waals surface area contributed by atoms with Gasteiger partial charge >= 0.3 is 0 Å². The van der Waals surface area contributed by atoms with Crippen LogP contribution in [0.2, 0.25) is 0 Å². The monoisotopic (exact) mass is 312 g/mol. The molecular formula is C18H20N2O3. The lowest BCUT2D eigenvalue weighted by Gasteiger charge is -2.16. The van der Waals surface area contributed by atoms with Crippen LogP contribution in [-0.2, 0) is 6.61 Å². The Hall–Kier alpha value is -2.82. The van der Waals surface area contributed by atoms with Crippen LogP contribution in [0.3, 0.4) is 0 Å². The Morgan fingerprint density at radius 3 is 2.48 bits per heavy atom. The third kappa shape index (κ3) is 4.10. The number of rotatable bonds is 6. The van der Waals surface area contributed by atoms with Crippen molar-refractivity contribution in [2.45, 2.75) is 13.5 Å². The fraction of sp³-hybridized carbons (Fsp3) is 0.222. The van der Waals surface area contributed by atoms with Gasteiger partial charge in [0.05, 0.1) is 5.56 Å². The summed E-state index contributed by atoms with van der Waals surface area (Å²) in [4.78, 5) is 24.9. The quantitative estimate of drug-likeness (QED) is 0.832. The Morgan fingerprint density at radius 2 is 1.87 bits per heavy atom. The van der Waals surface area contributed by atoms with E-state index in [9.17, 15) is 9.59 Å². The number of hydrogen-bond donors (Lipinski definition) is 1. The molecule has 0 aliphatic heterocycles. The van der Waals surface area contributed by atoms with Crippen LogP contribution in [0.4, 0.5) is 5.69 Å². The highest BCUT2D eigenvalue weighted by molar-refractivity contribution is 5.97. The van der Waals surface area contributed by atoms with Gasteiger partial charge in [-0.15, -0.1) is 0 Å². The molecule has 0 aliphatic rings. The van der Waals surface area contributed by atoms with Crippen molar-refractivity contribution in [2.24, 2.45) is 5.73 Å². The van der Waals surface area contributed by atoms with E-state index in [0.29, 0.717) is 16.9 Å². The van der Waals surface area contributed by atoms with Crippen molar-refractivity contribution in [1.29, 1.82) is 0 Å². The first kappa shape index (κ1) is 16.5. The van der Waals surface area contributed by atoms with Crippen LogP contribution in [0, 0.1) is 0 Å². The van der Waals surface area contributed by atoms with Crippen molar-refractivity contribution >= 4 is 17.4 Å². The van der Waals surface area contributed by atoms with Gasteiger partial charge in [-0.3, -0.25) is 9.59 Å². The zero-order valence-corrected chi connectivity index (χ0v) is 13.5. The van der Waals surface area contributed by atoms with Crippen molar-refractivity contribution in [3.8, 4) is 5.75 Å². The molecule has 2 N–H and O–H groups in total. The number of carbonyl (C=O) groups is 2. The second-order valence-corrected chi connectivity index (χ2v) is 5.48. The molecule has 0 heterocycles. The number of ether oxygens (including phenoxy) is 1. The number of benzene rings is 2. The molecule has 0 aromatic heterocycles. The first-order valence-electron chi connectivity index (χ1n) is 7.22. The number of nitrogens with two attached hydrogens (primary N) is 1. The smallest absolute Gasteiger partial charge is 0.248 e. The van der Waals surface area contributed by atoms with E-state index in [4.69, 9.17) is 10.5 Å². The summed E-state index contributed by atoms with van der Waals surface area (Å²) >= 11 is 0. The molecule has 0 radical (unpaired) electrons. The Kier molecular flexibility index (Phi) is 5.01. The van der Waals surface area contributed by atoms with Crippen molar-refractivity contribution in [3.63, 3.8) is 0 Å². The minimum absolute atomic E-state index is 0.0591. The van der Waals surface area contributed by atoms with Crippen LogP contribution in [0.1, 0.15) is 33.2 Å². The zero-order valence-electron chi connectivity index (χ0n) is 13.5. The summed E-state index contributed by atoms with van der Waals surface area (Å²) in [6.07, 6.45) is 0. The van der Waals surface area contributed by atoms with Gasteiger partial charge in [0.2, 0.25) is 5.91 Å². The summed E-state index contributed by atoms with van der Waals surface area (Å²) in [5, 5.41) is 0. The van der Waals surface area contributed by atoms with Crippen molar-refractivity contribution in [3.05, 3.63) is 59.2 Å². The van der Waals surface area contributed by atoms with Gasteiger partial charge in [0.1, 0.15) is 12.4 Å². The number of nitrogens with zero attached hydrogens (tertiary/aromatic N) is 1. The summed E-state index contributed by atoms with van der Waals surface area (Å²) in [5.41, 5.74) is 7.99. The molecule has 0 aliphatic carbocycles. The van der Waals surface area contributed by atoms with E-state index in [1.807, 2.05) is 37.2 Å². The SMILES string of the molecule is CC(=O)c1ccc(N(C)C)cc1OCc1cccc(C(N)=O)c1. The Bertz CT molecular complexity index is 739. The van der Waals surface area contributed by atoms with Crippen LogP contribution in [0.25, 0.3) is 0 Å². The summed E-state index contributed by atoms with van der Waals surface area (Å²) in [7, 11) is 3.84. The number of amides is 1. The highest BCUT2D eigenvalue weighted by Crippen LogP contribution is 2.26. The highest BCUT2D eigenvalue weighted by Gasteiger charge is 2.11. The topological polar surface area (TPSA) is 72.6 Å². The van der Waals surface area contributed by atoms with Gasteiger partial charge in [-0.05, 0) is 36.8 Å². The number of ketones is 1. The van der Waals surface area contributed by atoms with Gasteiger partial charge in [-0.2, -0.15) is 0 Å². The molecule has 0 unspecified atom stereocenters. The molecular weight excluding hydrogens is 292 g/mol. The summed E-state index contributed by atoms with van der Waals surface area (Å²) < 4.78 is 5.81. The molecule has 1 amide bonds. The van der Waals surface area contributed by atoms with Gasteiger partial charge in [-0.25, -0.2) is 0 Å². The van der Waals surface area contributed by atoms with Gasteiger partial charge in [0.15, 0.2) is 5.78 Å². The molecule has 0 saturated heterocycles. The van der Waals surface area contributed by atoms with E-state index >= 15 is 0 Å². The lowest BCUT2D eigenvalue weighted by Crippen LogP contribution is -2.12.